The standard InChI is InChI=1S/C13H22N2O7/c1-13(2,3)12(20)22-6-8(11(19)21-4)15-10(18)7(14)5-9(16)17/h7-8H,5-6,14H2,1-4H3,(H,15,18)(H,16,17). The molecule has 0 aliphatic heterocycles. The monoisotopic (exact) mass is 318 g/mol. The molecule has 0 saturated heterocycles. The van der Waals surface area contributed by atoms with Crippen LogP contribution in [0.25, 0.3) is 0 Å². The maximum atomic E-state index is 11.7. The van der Waals surface area contributed by atoms with Crippen LogP contribution >= 0.6 is 0 Å². The zero-order valence-corrected chi connectivity index (χ0v) is 13.0. The van der Waals surface area contributed by atoms with E-state index in [2.05, 4.69) is 10.1 Å². The lowest BCUT2D eigenvalue weighted by molar-refractivity contribution is -0.157. The number of nitrogens with two attached hydrogens (primary N) is 1. The molecule has 0 aromatic rings. The maximum absolute atomic E-state index is 11.7. The number of carboxylic acids is 1. The second-order valence-corrected chi connectivity index (χ2v) is 5.64. The van der Waals surface area contributed by atoms with E-state index in [-0.39, 0.29) is 0 Å². The van der Waals surface area contributed by atoms with Gasteiger partial charge in [0.25, 0.3) is 0 Å². The highest BCUT2D eigenvalue weighted by atomic mass is 16.5. The van der Waals surface area contributed by atoms with Crippen LogP contribution in [-0.4, -0.2) is 54.7 Å². The van der Waals surface area contributed by atoms with Crippen molar-refractivity contribution in [2.75, 3.05) is 13.7 Å². The van der Waals surface area contributed by atoms with Crippen LogP contribution < -0.4 is 11.1 Å². The van der Waals surface area contributed by atoms with Crippen molar-refractivity contribution in [1.29, 1.82) is 0 Å². The smallest absolute Gasteiger partial charge is 0.331 e. The minimum atomic E-state index is -1.33. The fourth-order valence-electron chi connectivity index (χ4n) is 1.25. The summed E-state index contributed by atoms with van der Waals surface area (Å²) in [6, 6.07) is -2.59. The fraction of sp³-hybridized carbons (Fsp3) is 0.692. The van der Waals surface area contributed by atoms with Crippen molar-refractivity contribution in [2.24, 2.45) is 11.1 Å². The van der Waals surface area contributed by atoms with Crippen LogP contribution in [0.4, 0.5) is 0 Å². The number of carbonyl (C=O) groups excluding carboxylic acids is 3. The Morgan fingerprint density at radius 1 is 1.23 bits per heavy atom. The number of carboxylic acid groups (broad SMARTS) is 1. The number of hydrogen-bond donors (Lipinski definition) is 3. The molecule has 0 rings (SSSR count). The van der Waals surface area contributed by atoms with Crippen LogP contribution in [0.3, 0.4) is 0 Å². The molecule has 0 aromatic heterocycles. The maximum Gasteiger partial charge on any atom is 0.331 e. The number of amides is 1. The SMILES string of the molecule is COC(=O)C(COC(=O)C(C)(C)C)NC(=O)C(N)CC(=O)O. The molecule has 9 heteroatoms. The van der Waals surface area contributed by atoms with E-state index in [4.69, 9.17) is 15.6 Å². The Balaban J connectivity index is 4.73. The molecule has 9 nitrogen and oxygen atoms in total. The van der Waals surface area contributed by atoms with Crippen molar-refractivity contribution in [2.45, 2.75) is 39.3 Å². The number of aliphatic carboxylic acids is 1. The molecule has 2 atom stereocenters. The second kappa shape index (κ2) is 8.32. The zero-order chi connectivity index (χ0) is 17.5. The molecule has 2 unspecified atom stereocenters. The molecule has 126 valence electrons. The molecule has 0 aliphatic rings. The van der Waals surface area contributed by atoms with Gasteiger partial charge in [-0.2, -0.15) is 0 Å². The summed E-state index contributed by atoms with van der Waals surface area (Å²) >= 11 is 0. The summed E-state index contributed by atoms with van der Waals surface area (Å²) in [7, 11) is 1.10. The van der Waals surface area contributed by atoms with E-state index in [1.54, 1.807) is 20.8 Å². The third-order valence-corrected chi connectivity index (χ3v) is 2.53. The summed E-state index contributed by atoms with van der Waals surface area (Å²) in [5.41, 5.74) is 4.61. The van der Waals surface area contributed by atoms with Crippen molar-refractivity contribution in [3.8, 4) is 0 Å². The Kier molecular flexibility index (Phi) is 7.51. The van der Waals surface area contributed by atoms with Crippen LogP contribution in [0.15, 0.2) is 0 Å². The Hall–Kier alpha value is -2.16. The quantitative estimate of drug-likeness (QED) is 0.509. The van der Waals surface area contributed by atoms with Gasteiger partial charge in [0.05, 0.1) is 25.0 Å². The number of methoxy groups -OCH3 is 1. The average molecular weight is 318 g/mol. The first kappa shape index (κ1) is 19.8. The zero-order valence-electron chi connectivity index (χ0n) is 13.0. The van der Waals surface area contributed by atoms with Crippen LogP contribution in [0.5, 0.6) is 0 Å². The van der Waals surface area contributed by atoms with Gasteiger partial charge in [-0.05, 0) is 20.8 Å². The molecule has 4 N–H and O–H groups in total. The Labute approximate surface area is 128 Å². The predicted molar refractivity (Wildman–Crippen MR) is 74.6 cm³/mol. The van der Waals surface area contributed by atoms with Gasteiger partial charge in [-0.15, -0.1) is 0 Å². The van der Waals surface area contributed by atoms with Crippen molar-refractivity contribution in [3.63, 3.8) is 0 Å². The van der Waals surface area contributed by atoms with Crippen LogP contribution in [0.1, 0.15) is 27.2 Å². The topological polar surface area (TPSA) is 145 Å². The lowest BCUT2D eigenvalue weighted by atomic mass is 9.97. The summed E-state index contributed by atoms with van der Waals surface area (Å²) in [6.07, 6.45) is -0.596. The van der Waals surface area contributed by atoms with Gasteiger partial charge in [-0.3, -0.25) is 14.4 Å². The van der Waals surface area contributed by atoms with Crippen LogP contribution in [-0.2, 0) is 28.7 Å². The summed E-state index contributed by atoms with van der Waals surface area (Å²) in [5, 5.41) is 10.8. The Morgan fingerprint density at radius 3 is 2.18 bits per heavy atom. The van der Waals surface area contributed by atoms with Gasteiger partial charge >= 0.3 is 17.9 Å². The molecule has 0 radical (unpaired) electrons. The highest BCUT2D eigenvalue weighted by Gasteiger charge is 2.29. The molecule has 0 heterocycles. The molecule has 0 spiro atoms. The summed E-state index contributed by atoms with van der Waals surface area (Å²) in [4.78, 5) is 45.4. The number of esters is 2. The molecule has 0 aliphatic carbocycles. The molecule has 0 bridgehead atoms. The van der Waals surface area contributed by atoms with Gasteiger partial charge < -0.3 is 25.6 Å². The predicted octanol–water partition coefficient (Wildman–Crippen LogP) is -0.964. The fourth-order valence-corrected chi connectivity index (χ4v) is 1.25. The van der Waals surface area contributed by atoms with E-state index in [1.165, 1.54) is 0 Å². The molecule has 0 fully saturated rings. The number of nitrogens with one attached hydrogen (secondary N) is 1. The summed E-state index contributed by atoms with van der Waals surface area (Å²) in [5.74, 6) is -3.51. The number of ether oxygens (including phenoxy) is 2. The number of rotatable bonds is 7. The molecule has 1 amide bonds. The van der Waals surface area contributed by atoms with Crippen molar-refractivity contribution in [1.82, 2.24) is 5.32 Å². The van der Waals surface area contributed by atoms with Gasteiger partial charge in [0.1, 0.15) is 6.61 Å². The molecular formula is C13H22N2O7. The Bertz CT molecular complexity index is 442. The van der Waals surface area contributed by atoms with Crippen LogP contribution in [0, 0.1) is 5.41 Å². The van der Waals surface area contributed by atoms with E-state index in [0.29, 0.717) is 0 Å². The average Bonchev–Trinajstić information content (AvgIpc) is 2.39. The summed E-state index contributed by atoms with van der Waals surface area (Å²) in [6.45, 7) is 4.45. The first-order chi connectivity index (χ1) is 9.98. The van der Waals surface area contributed by atoms with E-state index in [1.807, 2.05) is 0 Å². The Morgan fingerprint density at radius 2 is 1.77 bits per heavy atom. The van der Waals surface area contributed by atoms with Crippen molar-refractivity contribution in [3.05, 3.63) is 0 Å². The molecule has 0 aromatic carbocycles. The van der Waals surface area contributed by atoms with Crippen molar-refractivity contribution < 1.29 is 33.8 Å². The third-order valence-electron chi connectivity index (χ3n) is 2.53. The lowest BCUT2D eigenvalue weighted by Gasteiger charge is -2.21. The largest absolute Gasteiger partial charge is 0.481 e. The van der Waals surface area contributed by atoms with Gasteiger partial charge in [-0.1, -0.05) is 0 Å². The van der Waals surface area contributed by atoms with E-state index < -0.39 is 54.3 Å². The van der Waals surface area contributed by atoms with Crippen molar-refractivity contribution >= 4 is 23.8 Å². The molecular weight excluding hydrogens is 296 g/mol. The van der Waals surface area contributed by atoms with Gasteiger partial charge in [0, 0.05) is 0 Å². The third kappa shape index (κ3) is 7.02. The normalized spacial score (nSPS) is 13.7. The first-order valence-corrected chi connectivity index (χ1v) is 6.51. The lowest BCUT2D eigenvalue weighted by Crippen LogP contribution is -2.51. The minimum Gasteiger partial charge on any atom is -0.481 e. The van der Waals surface area contributed by atoms with Gasteiger partial charge in [-0.25, -0.2) is 4.79 Å². The summed E-state index contributed by atoms with van der Waals surface area (Å²) < 4.78 is 9.43. The molecule has 0 saturated carbocycles. The van der Waals surface area contributed by atoms with Gasteiger partial charge in [0.15, 0.2) is 6.04 Å². The second-order valence-electron chi connectivity index (χ2n) is 5.64. The van der Waals surface area contributed by atoms with Gasteiger partial charge in [0.2, 0.25) is 5.91 Å². The number of hydrogen-bond acceptors (Lipinski definition) is 7. The molecule has 22 heavy (non-hydrogen) atoms. The van der Waals surface area contributed by atoms with Crippen LogP contribution in [0.2, 0.25) is 0 Å². The van der Waals surface area contributed by atoms with E-state index in [0.717, 1.165) is 7.11 Å². The highest BCUT2D eigenvalue weighted by molar-refractivity contribution is 5.90. The van der Waals surface area contributed by atoms with E-state index in [9.17, 15) is 19.2 Å². The first-order valence-electron chi connectivity index (χ1n) is 6.51. The highest BCUT2D eigenvalue weighted by Crippen LogP contribution is 2.15. The van der Waals surface area contributed by atoms with E-state index >= 15 is 0 Å². The number of carbonyl (C=O) groups is 4. The minimum absolute atomic E-state index is 0.436.